The fourth-order valence-corrected chi connectivity index (χ4v) is 3.46. The zero-order valence-corrected chi connectivity index (χ0v) is 16.5. The Hall–Kier alpha value is -2.89. The Morgan fingerprint density at radius 3 is 2.54 bits per heavy atom. The van der Waals surface area contributed by atoms with Crippen LogP contribution in [0.4, 0.5) is 5.82 Å². The maximum absolute atomic E-state index is 6.07. The van der Waals surface area contributed by atoms with E-state index in [-0.39, 0.29) is 6.04 Å². The van der Waals surface area contributed by atoms with Crippen molar-refractivity contribution in [3.8, 4) is 16.8 Å². The number of hydrogen-bond acceptors (Lipinski definition) is 4. The molecule has 0 fully saturated rings. The van der Waals surface area contributed by atoms with Crippen molar-refractivity contribution in [2.45, 2.75) is 13.0 Å². The summed E-state index contributed by atoms with van der Waals surface area (Å²) in [5, 5.41) is 5.14. The second-order valence-corrected chi connectivity index (χ2v) is 7.11. The Bertz CT molecular complexity index is 1080. The molecule has 4 rings (SSSR count). The first kappa shape index (κ1) is 18.5. The number of ether oxygens (including phenoxy) is 1. The van der Waals surface area contributed by atoms with Gasteiger partial charge < -0.3 is 14.6 Å². The lowest BCUT2D eigenvalue weighted by Crippen LogP contribution is -2.21. The van der Waals surface area contributed by atoms with Crippen molar-refractivity contribution in [3.05, 3.63) is 72.1 Å². The zero-order chi connectivity index (χ0) is 19.5. The van der Waals surface area contributed by atoms with Gasteiger partial charge >= 0.3 is 0 Å². The smallest absolute Gasteiger partial charge is 0.150 e. The zero-order valence-electron chi connectivity index (χ0n) is 15.8. The summed E-state index contributed by atoms with van der Waals surface area (Å²) in [7, 11) is 1.69. The molecule has 2 heterocycles. The number of halogens is 1. The van der Waals surface area contributed by atoms with Crippen LogP contribution in [-0.4, -0.2) is 34.3 Å². The lowest BCUT2D eigenvalue weighted by Gasteiger charge is -2.14. The van der Waals surface area contributed by atoms with Gasteiger partial charge in [-0.25, -0.2) is 9.97 Å². The molecule has 1 atom stereocenters. The monoisotopic (exact) mass is 392 g/mol. The molecule has 4 aromatic rings. The van der Waals surface area contributed by atoms with Crippen LogP contribution in [0.5, 0.6) is 0 Å². The molecule has 28 heavy (non-hydrogen) atoms. The van der Waals surface area contributed by atoms with Crippen LogP contribution < -0.4 is 5.32 Å². The summed E-state index contributed by atoms with van der Waals surface area (Å²) in [6.07, 6.45) is 3.69. The highest BCUT2D eigenvalue weighted by Crippen LogP contribution is 2.35. The van der Waals surface area contributed by atoms with Crippen LogP contribution in [0.25, 0.3) is 27.8 Å². The molecule has 2 aromatic heterocycles. The Morgan fingerprint density at radius 1 is 1.07 bits per heavy atom. The summed E-state index contributed by atoms with van der Waals surface area (Å²) in [4.78, 5) is 9.11. The molecule has 0 spiro atoms. The third kappa shape index (κ3) is 3.59. The molecule has 0 aliphatic heterocycles. The molecular formula is C22H21ClN4O. The van der Waals surface area contributed by atoms with Gasteiger partial charge in [0, 0.05) is 35.6 Å². The van der Waals surface area contributed by atoms with Gasteiger partial charge in [-0.05, 0) is 36.8 Å². The first-order valence-electron chi connectivity index (χ1n) is 9.10. The van der Waals surface area contributed by atoms with Gasteiger partial charge in [-0.2, -0.15) is 0 Å². The second-order valence-electron chi connectivity index (χ2n) is 6.68. The first-order valence-corrected chi connectivity index (χ1v) is 9.48. The minimum atomic E-state index is 0.116. The van der Waals surface area contributed by atoms with E-state index in [0.29, 0.717) is 11.6 Å². The molecule has 6 heteroatoms. The van der Waals surface area contributed by atoms with Crippen LogP contribution in [0.15, 0.2) is 67.1 Å². The number of nitrogens with zero attached hydrogens (tertiary/aromatic N) is 3. The number of aromatic nitrogens is 3. The van der Waals surface area contributed by atoms with Crippen LogP contribution in [-0.2, 0) is 4.74 Å². The van der Waals surface area contributed by atoms with Crippen molar-refractivity contribution in [1.82, 2.24) is 14.5 Å². The highest BCUT2D eigenvalue weighted by molar-refractivity contribution is 6.30. The molecule has 0 saturated carbocycles. The standard InChI is InChI=1S/C22H21ClN4O/c1-15(13-28-2)26-21-20-19(16-6-4-3-5-7-16)12-27(22(20)25-14-24-21)18-10-8-17(23)9-11-18/h3-12,14-15H,13H2,1-2H3,(H,24,25,26)/t15-/m0/s1. The van der Waals surface area contributed by atoms with Crippen LogP contribution in [0, 0.1) is 0 Å². The molecule has 0 unspecified atom stereocenters. The number of benzene rings is 2. The summed E-state index contributed by atoms with van der Waals surface area (Å²) < 4.78 is 7.34. The third-order valence-corrected chi connectivity index (χ3v) is 4.82. The molecule has 0 bridgehead atoms. The molecule has 0 radical (unpaired) electrons. The van der Waals surface area contributed by atoms with Crippen LogP contribution >= 0.6 is 11.6 Å². The van der Waals surface area contributed by atoms with E-state index in [1.807, 2.05) is 42.5 Å². The lowest BCUT2D eigenvalue weighted by atomic mass is 10.1. The highest BCUT2D eigenvalue weighted by atomic mass is 35.5. The molecule has 142 valence electrons. The predicted octanol–water partition coefficient (Wildman–Crippen LogP) is 5.19. The summed E-state index contributed by atoms with van der Waals surface area (Å²) in [6.45, 7) is 2.65. The molecule has 5 nitrogen and oxygen atoms in total. The topological polar surface area (TPSA) is 52.0 Å². The molecular weight excluding hydrogens is 372 g/mol. The molecule has 0 aliphatic rings. The molecule has 0 saturated heterocycles. The number of hydrogen-bond donors (Lipinski definition) is 1. The molecule has 2 aromatic carbocycles. The van der Waals surface area contributed by atoms with Gasteiger partial charge in [0.2, 0.25) is 0 Å². The van der Waals surface area contributed by atoms with E-state index >= 15 is 0 Å². The summed E-state index contributed by atoms with van der Waals surface area (Å²) in [5.74, 6) is 0.793. The average molecular weight is 393 g/mol. The highest BCUT2D eigenvalue weighted by Gasteiger charge is 2.18. The first-order chi connectivity index (χ1) is 13.7. The number of anilines is 1. The Morgan fingerprint density at radius 2 is 1.82 bits per heavy atom. The molecule has 0 aliphatic carbocycles. The van der Waals surface area contributed by atoms with Gasteiger partial charge in [0.25, 0.3) is 0 Å². The minimum Gasteiger partial charge on any atom is -0.383 e. The van der Waals surface area contributed by atoms with Gasteiger partial charge in [0.1, 0.15) is 12.1 Å². The van der Waals surface area contributed by atoms with Gasteiger partial charge in [0.05, 0.1) is 12.0 Å². The quantitative estimate of drug-likeness (QED) is 0.490. The number of methoxy groups -OCH3 is 1. The fraction of sp³-hybridized carbons (Fsp3) is 0.182. The normalized spacial score (nSPS) is 12.2. The molecule has 1 N–H and O–H groups in total. The maximum Gasteiger partial charge on any atom is 0.150 e. The van der Waals surface area contributed by atoms with Crippen molar-refractivity contribution in [1.29, 1.82) is 0 Å². The van der Waals surface area contributed by atoms with Gasteiger partial charge in [-0.1, -0.05) is 41.9 Å². The average Bonchev–Trinajstić information content (AvgIpc) is 3.10. The fourth-order valence-electron chi connectivity index (χ4n) is 3.33. The number of nitrogens with one attached hydrogen (secondary N) is 1. The van der Waals surface area contributed by atoms with Crippen molar-refractivity contribution >= 4 is 28.5 Å². The van der Waals surface area contributed by atoms with Crippen LogP contribution in [0.3, 0.4) is 0 Å². The third-order valence-electron chi connectivity index (χ3n) is 4.57. The summed E-state index contributed by atoms with van der Waals surface area (Å²) in [5.41, 5.74) is 4.00. The van der Waals surface area contributed by atoms with Crippen molar-refractivity contribution in [2.75, 3.05) is 19.0 Å². The Labute approximate surface area is 169 Å². The van der Waals surface area contributed by atoms with Crippen molar-refractivity contribution in [3.63, 3.8) is 0 Å². The van der Waals surface area contributed by atoms with E-state index in [9.17, 15) is 0 Å². The second kappa shape index (κ2) is 8.00. The summed E-state index contributed by atoms with van der Waals surface area (Å²) in [6, 6.07) is 18.1. The number of rotatable bonds is 6. The van der Waals surface area contributed by atoms with Gasteiger partial charge in [-0.3, -0.25) is 0 Å². The SMILES string of the molecule is COC[C@H](C)Nc1ncnc2c1c(-c1ccccc1)cn2-c1ccc(Cl)cc1. The van der Waals surface area contributed by atoms with E-state index in [0.717, 1.165) is 33.7 Å². The number of fused-ring (bicyclic) bond motifs is 1. The van der Waals surface area contributed by atoms with E-state index < -0.39 is 0 Å². The van der Waals surface area contributed by atoms with Crippen LogP contribution in [0.2, 0.25) is 5.02 Å². The largest absolute Gasteiger partial charge is 0.383 e. The molecule has 0 amide bonds. The van der Waals surface area contributed by atoms with E-state index in [2.05, 4.69) is 45.1 Å². The Balaban J connectivity index is 1.93. The maximum atomic E-state index is 6.07. The van der Waals surface area contributed by atoms with E-state index in [1.165, 1.54) is 0 Å². The minimum absolute atomic E-state index is 0.116. The van der Waals surface area contributed by atoms with E-state index in [1.54, 1.807) is 13.4 Å². The van der Waals surface area contributed by atoms with Crippen LogP contribution in [0.1, 0.15) is 6.92 Å². The van der Waals surface area contributed by atoms with Crippen molar-refractivity contribution in [2.24, 2.45) is 0 Å². The van der Waals surface area contributed by atoms with E-state index in [4.69, 9.17) is 16.3 Å². The van der Waals surface area contributed by atoms with Crippen molar-refractivity contribution < 1.29 is 4.74 Å². The predicted molar refractivity (Wildman–Crippen MR) is 114 cm³/mol. The lowest BCUT2D eigenvalue weighted by molar-refractivity contribution is 0.190. The Kier molecular flexibility index (Phi) is 5.28. The van der Waals surface area contributed by atoms with Gasteiger partial charge in [0.15, 0.2) is 5.65 Å². The van der Waals surface area contributed by atoms with Gasteiger partial charge in [-0.15, -0.1) is 0 Å². The summed E-state index contributed by atoms with van der Waals surface area (Å²) >= 11 is 6.07.